The SMILES string of the molecule is COc1ncc(C#CC#Cc2ccc(C(=O)N[C@@H](CN)C(=O)NO)cc2)c(OC)n1. The molecule has 10 heteroatoms. The molecule has 1 atom stereocenters. The largest absolute Gasteiger partial charge is 0.480 e. The lowest BCUT2D eigenvalue weighted by molar-refractivity contribution is -0.130. The van der Waals surface area contributed by atoms with Gasteiger partial charge in [0.15, 0.2) is 0 Å². The minimum Gasteiger partial charge on any atom is -0.480 e. The molecule has 30 heavy (non-hydrogen) atoms. The molecular weight excluding hydrogens is 390 g/mol. The molecule has 154 valence electrons. The molecule has 0 aliphatic carbocycles. The predicted molar refractivity (Wildman–Crippen MR) is 106 cm³/mol. The third-order valence-electron chi connectivity index (χ3n) is 3.69. The van der Waals surface area contributed by atoms with E-state index >= 15 is 0 Å². The van der Waals surface area contributed by atoms with E-state index < -0.39 is 17.9 Å². The molecule has 2 rings (SSSR count). The van der Waals surface area contributed by atoms with Crippen LogP contribution in [0.5, 0.6) is 11.9 Å². The number of amides is 2. The number of hydrogen-bond acceptors (Lipinski definition) is 8. The van der Waals surface area contributed by atoms with Crippen molar-refractivity contribution in [1.29, 1.82) is 0 Å². The Bertz CT molecular complexity index is 1030. The Hall–Kier alpha value is -4.12. The molecule has 2 amide bonds. The molecule has 1 heterocycles. The highest BCUT2D eigenvalue weighted by Crippen LogP contribution is 2.15. The number of benzene rings is 1. The highest BCUT2D eigenvalue weighted by atomic mass is 16.5. The maximum Gasteiger partial charge on any atom is 0.319 e. The van der Waals surface area contributed by atoms with Crippen molar-refractivity contribution >= 4 is 11.8 Å². The molecular formula is C20H19N5O5. The normalized spacial score (nSPS) is 10.4. The summed E-state index contributed by atoms with van der Waals surface area (Å²) < 4.78 is 10.1. The van der Waals surface area contributed by atoms with Gasteiger partial charge in [0.25, 0.3) is 11.8 Å². The fourth-order valence-electron chi connectivity index (χ4n) is 2.15. The number of carbonyl (C=O) groups is 2. The highest BCUT2D eigenvalue weighted by molar-refractivity contribution is 5.97. The first-order valence-corrected chi connectivity index (χ1v) is 8.54. The van der Waals surface area contributed by atoms with Gasteiger partial charge in [-0.15, -0.1) is 0 Å². The number of rotatable bonds is 6. The van der Waals surface area contributed by atoms with E-state index in [2.05, 4.69) is 39.0 Å². The van der Waals surface area contributed by atoms with Crippen LogP contribution in [0.15, 0.2) is 30.5 Å². The molecule has 0 spiro atoms. The van der Waals surface area contributed by atoms with Crippen molar-refractivity contribution < 1.29 is 24.3 Å². The van der Waals surface area contributed by atoms with Crippen molar-refractivity contribution in [3.05, 3.63) is 47.2 Å². The molecule has 1 aromatic carbocycles. The number of methoxy groups -OCH3 is 2. The second-order valence-corrected chi connectivity index (χ2v) is 5.59. The van der Waals surface area contributed by atoms with Gasteiger partial charge in [0.1, 0.15) is 11.6 Å². The number of nitrogens with zero attached hydrogens (tertiary/aromatic N) is 2. The van der Waals surface area contributed by atoms with Crippen LogP contribution in [0.1, 0.15) is 21.5 Å². The molecule has 0 unspecified atom stereocenters. The van der Waals surface area contributed by atoms with Crippen LogP contribution in [0.4, 0.5) is 0 Å². The van der Waals surface area contributed by atoms with E-state index in [4.69, 9.17) is 20.4 Å². The summed E-state index contributed by atoms with van der Waals surface area (Å²) in [6, 6.07) is 5.46. The molecule has 1 aromatic heterocycles. The molecule has 0 saturated heterocycles. The van der Waals surface area contributed by atoms with Crippen molar-refractivity contribution in [3.8, 4) is 35.6 Å². The summed E-state index contributed by atoms with van der Waals surface area (Å²) >= 11 is 0. The Morgan fingerprint density at radius 3 is 2.47 bits per heavy atom. The number of carbonyl (C=O) groups excluding carboxylic acids is 2. The third kappa shape index (κ3) is 5.94. The molecule has 0 radical (unpaired) electrons. The van der Waals surface area contributed by atoms with Crippen LogP contribution in [0, 0.1) is 23.7 Å². The average molecular weight is 409 g/mol. The minimum atomic E-state index is -1.05. The Morgan fingerprint density at radius 1 is 1.17 bits per heavy atom. The van der Waals surface area contributed by atoms with Crippen LogP contribution >= 0.6 is 0 Å². The van der Waals surface area contributed by atoms with E-state index in [-0.39, 0.29) is 18.4 Å². The van der Waals surface area contributed by atoms with Crippen molar-refractivity contribution in [2.45, 2.75) is 6.04 Å². The van der Waals surface area contributed by atoms with Gasteiger partial charge in [0.05, 0.1) is 20.4 Å². The fourth-order valence-corrected chi connectivity index (χ4v) is 2.15. The molecule has 0 aliphatic heterocycles. The van der Waals surface area contributed by atoms with E-state index in [0.29, 0.717) is 16.7 Å². The van der Waals surface area contributed by atoms with Crippen LogP contribution in [-0.4, -0.2) is 53.8 Å². The standard InChI is InChI=1S/C20H19N5O5/c1-29-19-15(12-22-20(24-19)30-2)6-4-3-5-13-7-9-14(10-8-13)17(26)23-16(11-21)18(27)25-28/h7-10,12,16,28H,11,21H2,1-2H3,(H,23,26)(H,25,27)/t16-/m0/s1. The lowest BCUT2D eigenvalue weighted by Gasteiger charge is -2.14. The maximum atomic E-state index is 12.1. The molecule has 0 fully saturated rings. The van der Waals surface area contributed by atoms with Crippen molar-refractivity contribution in [2.75, 3.05) is 20.8 Å². The summed E-state index contributed by atoms with van der Waals surface area (Å²) in [4.78, 5) is 31.5. The predicted octanol–water partition coefficient (Wildman–Crippen LogP) is -0.540. The monoisotopic (exact) mass is 409 g/mol. The summed E-state index contributed by atoms with van der Waals surface area (Å²) in [6.07, 6.45) is 1.47. The van der Waals surface area contributed by atoms with Crippen LogP contribution in [-0.2, 0) is 4.79 Å². The van der Waals surface area contributed by atoms with Gasteiger partial charge in [-0.05, 0) is 42.0 Å². The quantitative estimate of drug-likeness (QED) is 0.282. The first kappa shape index (κ1) is 22.2. The van der Waals surface area contributed by atoms with E-state index in [9.17, 15) is 9.59 Å². The number of hydrogen-bond donors (Lipinski definition) is 4. The van der Waals surface area contributed by atoms with Crippen LogP contribution < -0.4 is 26.0 Å². The Balaban J connectivity index is 2.06. The molecule has 5 N–H and O–H groups in total. The molecule has 2 aromatic rings. The molecule has 0 aliphatic rings. The summed E-state index contributed by atoms with van der Waals surface area (Å²) in [5.41, 5.74) is 8.24. The van der Waals surface area contributed by atoms with E-state index in [1.165, 1.54) is 38.0 Å². The number of ether oxygens (including phenoxy) is 2. The number of nitrogens with two attached hydrogens (primary N) is 1. The van der Waals surface area contributed by atoms with Gasteiger partial charge in [0, 0.05) is 17.7 Å². The van der Waals surface area contributed by atoms with Gasteiger partial charge in [-0.1, -0.05) is 5.92 Å². The smallest absolute Gasteiger partial charge is 0.319 e. The van der Waals surface area contributed by atoms with Crippen molar-refractivity contribution in [1.82, 2.24) is 20.8 Å². The van der Waals surface area contributed by atoms with Crippen LogP contribution in [0.25, 0.3) is 0 Å². The Morgan fingerprint density at radius 2 is 1.87 bits per heavy atom. The average Bonchev–Trinajstić information content (AvgIpc) is 2.79. The number of hydroxylamine groups is 1. The molecule has 0 bridgehead atoms. The van der Waals surface area contributed by atoms with Gasteiger partial charge >= 0.3 is 6.01 Å². The lowest BCUT2D eigenvalue weighted by Crippen LogP contribution is -2.50. The Kier molecular flexibility index (Phi) is 8.15. The van der Waals surface area contributed by atoms with Gasteiger partial charge in [-0.25, -0.2) is 10.5 Å². The second kappa shape index (κ2) is 11.0. The summed E-state index contributed by atoms with van der Waals surface area (Å²) in [5, 5.41) is 11.0. The summed E-state index contributed by atoms with van der Waals surface area (Å²) in [5.74, 6) is 9.97. The second-order valence-electron chi connectivity index (χ2n) is 5.59. The van der Waals surface area contributed by atoms with E-state index in [1.54, 1.807) is 12.1 Å². The fraction of sp³-hybridized carbons (Fsp3) is 0.200. The van der Waals surface area contributed by atoms with Crippen LogP contribution in [0.3, 0.4) is 0 Å². The number of nitrogens with one attached hydrogen (secondary N) is 2. The third-order valence-corrected chi connectivity index (χ3v) is 3.69. The summed E-state index contributed by atoms with van der Waals surface area (Å²) in [6.45, 7) is -0.162. The van der Waals surface area contributed by atoms with E-state index in [1.807, 2.05) is 0 Å². The van der Waals surface area contributed by atoms with Gasteiger partial charge in [-0.3, -0.25) is 14.8 Å². The van der Waals surface area contributed by atoms with Crippen LogP contribution in [0.2, 0.25) is 0 Å². The minimum absolute atomic E-state index is 0.162. The number of aromatic nitrogens is 2. The zero-order valence-corrected chi connectivity index (χ0v) is 16.2. The van der Waals surface area contributed by atoms with Gasteiger partial charge in [-0.2, -0.15) is 4.98 Å². The van der Waals surface area contributed by atoms with E-state index in [0.717, 1.165) is 0 Å². The Labute approximate surface area is 172 Å². The highest BCUT2D eigenvalue weighted by Gasteiger charge is 2.19. The van der Waals surface area contributed by atoms with Gasteiger partial charge in [0.2, 0.25) is 5.88 Å². The maximum absolute atomic E-state index is 12.1. The zero-order chi connectivity index (χ0) is 21.9. The first-order valence-electron chi connectivity index (χ1n) is 8.54. The van der Waals surface area contributed by atoms with Crippen molar-refractivity contribution in [2.24, 2.45) is 5.73 Å². The summed E-state index contributed by atoms with van der Waals surface area (Å²) in [7, 11) is 2.91. The lowest BCUT2D eigenvalue weighted by atomic mass is 10.1. The van der Waals surface area contributed by atoms with Crippen molar-refractivity contribution in [3.63, 3.8) is 0 Å². The zero-order valence-electron chi connectivity index (χ0n) is 16.2. The molecule has 0 saturated carbocycles. The molecule has 10 nitrogen and oxygen atoms in total. The topological polar surface area (TPSA) is 149 Å². The first-order chi connectivity index (χ1) is 14.5. The van der Waals surface area contributed by atoms with Gasteiger partial charge < -0.3 is 20.5 Å².